The number of likely N-dealkylation sites (tertiary alicyclic amines) is 2. The molecular weight excluding hydrogens is 322 g/mol. The third-order valence-electron chi connectivity index (χ3n) is 5.08. The second-order valence-corrected chi connectivity index (χ2v) is 6.99. The van der Waals surface area contributed by atoms with Gasteiger partial charge in [0.05, 0.1) is 6.10 Å². The van der Waals surface area contributed by atoms with Crippen molar-refractivity contribution < 1.29 is 13.9 Å². The Morgan fingerprint density at radius 1 is 1.04 bits per heavy atom. The average Bonchev–Trinajstić information content (AvgIpc) is 2.57. The molecule has 6 heteroatoms. The van der Waals surface area contributed by atoms with Gasteiger partial charge in [-0.15, -0.1) is 0 Å². The van der Waals surface area contributed by atoms with Gasteiger partial charge >= 0.3 is 0 Å². The van der Waals surface area contributed by atoms with Crippen LogP contribution in [-0.2, 0) is 6.54 Å². The molecule has 2 fully saturated rings. The van der Waals surface area contributed by atoms with Gasteiger partial charge in [0, 0.05) is 31.2 Å². The number of halogens is 3. The van der Waals surface area contributed by atoms with Crippen molar-refractivity contribution in [3.8, 4) is 0 Å². The monoisotopic (exact) mass is 344 g/mol. The molecule has 0 spiro atoms. The molecule has 1 aromatic carbocycles. The first-order chi connectivity index (χ1) is 11.0. The summed E-state index contributed by atoms with van der Waals surface area (Å²) in [5.74, 6) is -1.35. The number of aliphatic hydroxyl groups excluding tert-OH is 1. The average molecular weight is 345 g/mol. The lowest BCUT2D eigenvalue weighted by Crippen LogP contribution is -2.48. The molecule has 2 aliphatic heterocycles. The summed E-state index contributed by atoms with van der Waals surface area (Å²) in [7, 11) is 0. The van der Waals surface area contributed by atoms with E-state index >= 15 is 0 Å². The molecule has 3 nitrogen and oxygen atoms in total. The van der Waals surface area contributed by atoms with Crippen LogP contribution in [-0.4, -0.2) is 53.2 Å². The molecule has 0 bridgehead atoms. The van der Waals surface area contributed by atoms with Crippen molar-refractivity contribution in [3.63, 3.8) is 0 Å². The van der Waals surface area contributed by atoms with Crippen LogP contribution >= 0.6 is 11.6 Å². The van der Waals surface area contributed by atoms with Gasteiger partial charge in [0.15, 0.2) is 0 Å². The molecule has 1 aromatic rings. The Labute approximate surface area is 140 Å². The molecule has 0 aromatic heterocycles. The van der Waals surface area contributed by atoms with Gasteiger partial charge in [0.2, 0.25) is 0 Å². The Bertz CT molecular complexity index is 542. The number of aliphatic hydroxyl groups is 1. The fourth-order valence-corrected chi connectivity index (χ4v) is 3.81. The first-order valence-corrected chi connectivity index (χ1v) is 8.69. The van der Waals surface area contributed by atoms with Crippen LogP contribution in [0.5, 0.6) is 0 Å². The molecule has 0 amide bonds. The highest BCUT2D eigenvalue weighted by Gasteiger charge is 2.28. The lowest BCUT2D eigenvalue weighted by atomic mass is 9.98. The van der Waals surface area contributed by atoms with E-state index in [2.05, 4.69) is 9.80 Å². The van der Waals surface area contributed by atoms with Crippen molar-refractivity contribution in [2.45, 2.75) is 44.4 Å². The van der Waals surface area contributed by atoms with E-state index in [4.69, 9.17) is 11.6 Å². The fourth-order valence-electron chi connectivity index (χ4n) is 3.62. The maximum atomic E-state index is 14.0. The van der Waals surface area contributed by atoms with Crippen molar-refractivity contribution in [2.75, 3.05) is 26.2 Å². The first-order valence-electron chi connectivity index (χ1n) is 8.31. The normalized spacial score (nSPS) is 22.6. The van der Waals surface area contributed by atoms with Crippen LogP contribution < -0.4 is 0 Å². The van der Waals surface area contributed by atoms with E-state index in [-0.39, 0.29) is 6.10 Å². The Hall–Kier alpha value is -0.750. The largest absolute Gasteiger partial charge is 0.393 e. The zero-order chi connectivity index (χ0) is 16.4. The molecule has 2 aliphatic rings. The van der Waals surface area contributed by atoms with Gasteiger partial charge in [-0.25, -0.2) is 8.78 Å². The molecular formula is C17H23ClF2N2O. The second kappa shape index (κ2) is 7.43. The van der Waals surface area contributed by atoms with Crippen LogP contribution in [0.3, 0.4) is 0 Å². The summed E-state index contributed by atoms with van der Waals surface area (Å²) in [6.45, 7) is 4.20. The number of rotatable bonds is 3. The van der Waals surface area contributed by atoms with E-state index in [1.165, 1.54) is 12.1 Å². The second-order valence-electron chi connectivity index (χ2n) is 6.61. The van der Waals surface area contributed by atoms with Crippen molar-refractivity contribution in [3.05, 3.63) is 34.4 Å². The first kappa shape index (κ1) is 17.1. The van der Waals surface area contributed by atoms with Crippen LogP contribution in [0.25, 0.3) is 0 Å². The van der Waals surface area contributed by atoms with Gasteiger partial charge in [-0.3, -0.25) is 4.90 Å². The zero-order valence-electron chi connectivity index (χ0n) is 13.1. The van der Waals surface area contributed by atoms with Crippen LogP contribution in [0, 0.1) is 11.6 Å². The van der Waals surface area contributed by atoms with E-state index in [0.717, 1.165) is 51.9 Å². The molecule has 0 aliphatic carbocycles. The summed E-state index contributed by atoms with van der Waals surface area (Å²) in [6, 6.07) is 3.27. The van der Waals surface area contributed by atoms with Gasteiger partial charge in [-0.2, -0.15) is 0 Å². The fraction of sp³-hybridized carbons (Fsp3) is 0.647. The van der Waals surface area contributed by atoms with Crippen molar-refractivity contribution >= 4 is 11.6 Å². The van der Waals surface area contributed by atoms with Gasteiger partial charge < -0.3 is 10.0 Å². The highest BCUT2D eigenvalue weighted by atomic mass is 35.5. The van der Waals surface area contributed by atoms with Crippen LogP contribution in [0.2, 0.25) is 5.02 Å². The van der Waals surface area contributed by atoms with Crippen LogP contribution in [0.4, 0.5) is 8.78 Å². The summed E-state index contributed by atoms with van der Waals surface area (Å²) < 4.78 is 27.2. The highest BCUT2D eigenvalue weighted by molar-refractivity contribution is 6.30. The molecule has 2 heterocycles. The van der Waals surface area contributed by atoms with Gasteiger partial charge in [0.1, 0.15) is 16.7 Å². The topological polar surface area (TPSA) is 26.7 Å². The van der Waals surface area contributed by atoms with Gasteiger partial charge in [-0.05, 0) is 44.8 Å². The van der Waals surface area contributed by atoms with E-state index in [9.17, 15) is 13.9 Å². The molecule has 23 heavy (non-hydrogen) atoms. The minimum atomic E-state index is -0.709. The van der Waals surface area contributed by atoms with Crippen molar-refractivity contribution in [1.29, 1.82) is 0 Å². The van der Waals surface area contributed by atoms with E-state index in [1.54, 1.807) is 0 Å². The number of benzene rings is 1. The predicted octanol–water partition coefficient (Wildman–Crippen LogP) is 3.04. The molecule has 0 atom stereocenters. The minimum absolute atomic E-state index is 0.141. The number of piperidine rings is 2. The summed E-state index contributed by atoms with van der Waals surface area (Å²) >= 11 is 5.64. The Kier molecular flexibility index (Phi) is 5.52. The Morgan fingerprint density at radius 3 is 2.35 bits per heavy atom. The summed E-state index contributed by atoms with van der Waals surface area (Å²) in [4.78, 5) is 4.67. The molecule has 1 N–H and O–H groups in total. The van der Waals surface area contributed by atoms with Gasteiger partial charge in [0.25, 0.3) is 0 Å². The maximum Gasteiger partial charge on any atom is 0.149 e. The SMILES string of the molecule is OC1CCN(C2CCN(Cc3ccc(F)c(Cl)c3F)CC2)CC1. The minimum Gasteiger partial charge on any atom is -0.393 e. The quantitative estimate of drug-likeness (QED) is 0.854. The lowest BCUT2D eigenvalue weighted by molar-refractivity contribution is 0.0374. The number of hydrogen-bond donors (Lipinski definition) is 1. The molecule has 0 radical (unpaired) electrons. The third kappa shape index (κ3) is 4.02. The number of nitrogens with zero attached hydrogens (tertiary/aromatic N) is 2. The zero-order valence-corrected chi connectivity index (χ0v) is 13.9. The maximum absolute atomic E-state index is 14.0. The summed E-state index contributed by atoms with van der Waals surface area (Å²) in [5, 5.41) is 9.18. The van der Waals surface area contributed by atoms with E-state index in [1.807, 2.05) is 0 Å². The highest BCUT2D eigenvalue weighted by Crippen LogP contribution is 2.25. The Morgan fingerprint density at radius 2 is 1.70 bits per heavy atom. The smallest absolute Gasteiger partial charge is 0.149 e. The molecule has 128 valence electrons. The summed E-state index contributed by atoms with van der Waals surface area (Å²) in [5.41, 5.74) is 0.455. The van der Waals surface area contributed by atoms with Crippen LogP contribution in [0.15, 0.2) is 12.1 Å². The standard InChI is InChI=1S/C17H23ClF2N2O/c18-16-15(19)2-1-12(17(16)20)11-21-7-3-13(4-8-21)22-9-5-14(23)6-10-22/h1-2,13-14,23H,3-11H2. The van der Waals surface area contributed by atoms with Crippen molar-refractivity contribution in [1.82, 2.24) is 9.80 Å². The van der Waals surface area contributed by atoms with E-state index < -0.39 is 16.7 Å². The molecule has 3 rings (SSSR count). The third-order valence-corrected chi connectivity index (χ3v) is 5.43. The number of hydrogen-bond acceptors (Lipinski definition) is 3. The molecule has 0 unspecified atom stereocenters. The Balaban J connectivity index is 1.52. The summed E-state index contributed by atoms with van der Waals surface area (Å²) in [6.07, 6.45) is 3.68. The van der Waals surface area contributed by atoms with E-state index in [0.29, 0.717) is 18.2 Å². The predicted molar refractivity (Wildman–Crippen MR) is 86.5 cm³/mol. The molecule has 2 saturated heterocycles. The lowest BCUT2D eigenvalue weighted by Gasteiger charge is -2.41. The van der Waals surface area contributed by atoms with Crippen molar-refractivity contribution in [2.24, 2.45) is 0 Å². The van der Waals surface area contributed by atoms with Crippen LogP contribution in [0.1, 0.15) is 31.2 Å². The van der Waals surface area contributed by atoms with Gasteiger partial charge in [-0.1, -0.05) is 17.7 Å². The molecule has 0 saturated carbocycles.